The van der Waals surface area contributed by atoms with Gasteiger partial charge in [0.2, 0.25) is 0 Å². The molecule has 3 nitrogen and oxygen atoms in total. The van der Waals surface area contributed by atoms with Gasteiger partial charge in [-0.3, -0.25) is 0 Å². The van der Waals surface area contributed by atoms with Crippen LogP contribution in [0.1, 0.15) is 26.3 Å². The van der Waals surface area contributed by atoms with Crippen LogP contribution in [0.5, 0.6) is 0 Å². The van der Waals surface area contributed by atoms with E-state index >= 15 is 0 Å². The van der Waals surface area contributed by atoms with E-state index in [0.717, 1.165) is 21.1 Å². The van der Waals surface area contributed by atoms with Crippen molar-refractivity contribution < 1.29 is 9.53 Å². The molecular formula is C32H31NO2Si. The molecule has 0 aliphatic heterocycles. The molecule has 4 aromatic rings. The molecule has 0 saturated carbocycles. The number of amides is 1. The van der Waals surface area contributed by atoms with Gasteiger partial charge < -0.3 is 10.1 Å². The van der Waals surface area contributed by atoms with Gasteiger partial charge in [-0.15, -0.1) is 0 Å². The fraction of sp³-hybridized carbons (Fsp3) is 0.156. The Morgan fingerprint density at radius 1 is 0.694 bits per heavy atom. The van der Waals surface area contributed by atoms with Crippen LogP contribution in [0.25, 0.3) is 0 Å². The van der Waals surface area contributed by atoms with Gasteiger partial charge >= 0.3 is 6.09 Å². The normalized spacial score (nSPS) is 12.1. The fourth-order valence-electron chi connectivity index (χ4n) is 4.46. The maximum absolute atomic E-state index is 13.2. The van der Waals surface area contributed by atoms with Crippen molar-refractivity contribution in [2.24, 2.45) is 0 Å². The summed E-state index contributed by atoms with van der Waals surface area (Å²) in [6.07, 6.45) is -0.477. The molecule has 1 amide bonds. The molecule has 4 heteroatoms. The number of hydrogen-bond donors (Lipinski definition) is 1. The van der Waals surface area contributed by atoms with Crippen LogP contribution >= 0.6 is 0 Å². The summed E-state index contributed by atoms with van der Waals surface area (Å²) in [5.41, 5.74) is -0.233. The molecule has 0 aliphatic carbocycles. The first-order chi connectivity index (χ1) is 17.4. The third kappa shape index (κ3) is 5.76. The molecule has 4 rings (SSSR count). The SMILES string of the molecule is CC(C)(C)OC(=O)N[C@H](C#Cc1ccccc1)[Si](c1ccccc1)(c1ccccc1)c1ccccc1. The second-order valence-electron chi connectivity index (χ2n) is 9.62. The quantitative estimate of drug-likeness (QED) is 0.252. The molecule has 0 saturated heterocycles. The zero-order chi connectivity index (χ0) is 25.4. The largest absolute Gasteiger partial charge is 0.444 e. The highest BCUT2D eigenvalue weighted by Crippen LogP contribution is 2.15. The highest BCUT2D eigenvalue weighted by atomic mass is 28.3. The first-order valence-electron chi connectivity index (χ1n) is 12.1. The average Bonchev–Trinajstić information content (AvgIpc) is 2.89. The van der Waals surface area contributed by atoms with Crippen LogP contribution < -0.4 is 20.9 Å². The van der Waals surface area contributed by atoms with Gasteiger partial charge in [-0.05, 0) is 48.5 Å². The summed E-state index contributed by atoms with van der Waals surface area (Å²) in [5, 5.41) is 6.68. The maximum Gasteiger partial charge on any atom is 0.408 e. The molecule has 1 N–H and O–H groups in total. The fourth-order valence-corrected chi connectivity index (χ4v) is 9.24. The third-order valence-electron chi connectivity index (χ3n) is 5.92. The first-order valence-corrected chi connectivity index (χ1v) is 14.2. The number of hydrogen-bond acceptors (Lipinski definition) is 2. The zero-order valence-electron chi connectivity index (χ0n) is 20.9. The van der Waals surface area contributed by atoms with Crippen LogP contribution in [0.2, 0.25) is 0 Å². The predicted molar refractivity (Wildman–Crippen MR) is 150 cm³/mol. The number of nitrogens with one attached hydrogen (secondary N) is 1. The molecule has 0 radical (unpaired) electrons. The van der Waals surface area contributed by atoms with Gasteiger partial charge in [-0.25, -0.2) is 4.79 Å². The number of carbonyl (C=O) groups excluding carboxylic acids is 1. The lowest BCUT2D eigenvalue weighted by atomic mass is 10.2. The monoisotopic (exact) mass is 489 g/mol. The highest BCUT2D eigenvalue weighted by molar-refractivity contribution is 7.13. The topological polar surface area (TPSA) is 38.3 Å². The number of alkyl carbamates (subject to hydrolysis) is 1. The number of carbonyl (C=O) groups is 1. The Bertz CT molecular complexity index is 1230. The van der Waals surface area contributed by atoms with Crippen LogP contribution in [-0.2, 0) is 4.74 Å². The maximum atomic E-state index is 13.2. The second-order valence-corrected chi connectivity index (χ2v) is 13.5. The van der Waals surface area contributed by atoms with Crippen molar-refractivity contribution in [3.8, 4) is 11.8 Å². The van der Waals surface area contributed by atoms with Crippen LogP contribution in [0.15, 0.2) is 121 Å². The van der Waals surface area contributed by atoms with Crippen molar-refractivity contribution >= 4 is 29.7 Å². The highest BCUT2D eigenvalue weighted by Gasteiger charge is 2.47. The van der Waals surface area contributed by atoms with Crippen molar-refractivity contribution in [3.63, 3.8) is 0 Å². The third-order valence-corrected chi connectivity index (χ3v) is 10.8. The van der Waals surface area contributed by atoms with Gasteiger partial charge in [-0.1, -0.05) is 121 Å². The molecule has 0 unspecified atom stereocenters. The van der Waals surface area contributed by atoms with Crippen LogP contribution in [0, 0.1) is 11.8 Å². The molecule has 0 fully saturated rings. The van der Waals surface area contributed by atoms with Gasteiger partial charge in [0, 0.05) is 5.56 Å². The van der Waals surface area contributed by atoms with E-state index in [0.29, 0.717) is 0 Å². The van der Waals surface area contributed by atoms with Crippen molar-refractivity contribution in [2.75, 3.05) is 0 Å². The molecule has 0 spiro atoms. The lowest BCUT2D eigenvalue weighted by molar-refractivity contribution is 0.0527. The van der Waals surface area contributed by atoms with Gasteiger partial charge in [0.15, 0.2) is 8.07 Å². The molecule has 36 heavy (non-hydrogen) atoms. The number of benzene rings is 4. The van der Waals surface area contributed by atoms with Crippen LogP contribution in [-0.4, -0.2) is 25.4 Å². The average molecular weight is 490 g/mol. The molecule has 0 bridgehead atoms. The summed E-state index contributed by atoms with van der Waals surface area (Å²) in [6, 6.07) is 41.2. The molecule has 0 aliphatic rings. The van der Waals surface area contributed by atoms with Crippen LogP contribution in [0.4, 0.5) is 4.79 Å². The summed E-state index contributed by atoms with van der Waals surface area (Å²) < 4.78 is 5.73. The van der Waals surface area contributed by atoms with Crippen molar-refractivity contribution in [1.29, 1.82) is 0 Å². The Balaban J connectivity index is 2.00. The van der Waals surface area contributed by atoms with Gasteiger partial charge in [0.05, 0.1) is 5.67 Å². The Labute approximate surface area is 215 Å². The molecule has 0 heterocycles. The number of rotatable bonds is 5. The molecule has 180 valence electrons. The Morgan fingerprint density at radius 2 is 1.08 bits per heavy atom. The van der Waals surface area contributed by atoms with Crippen LogP contribution in [0.3, 0.4) is 0 Å². The summed E-state index contributed by atoms with van der Waals surface area (Å²) in [4.78, 5) is 13.2. The predicted octanol–water partition coefficient (Wildman–Crippen LogP) is 4.64. The lowest BCUT2D eigenvalue weighted by Crippen LogP contribution is -2.77. The van der Waals surface area contributed by atoms with Gasteiger partial charge in [-0.2, -0.15) is 0 Å². The molecular weight excluding hydrogens is 458 g/mol. The van der Waals surface area contributed by atoms with Gasteiger partial charge in [0.25, 0.3) is 0 Å². The van der Waals surface area contributed by atoms with Crippen molar-refractivity contribution in [3.05, 3.63) is 127 Å². The smallest absolute Gasteiger partial charge is 0.408 e. The molecule has 4 aromatic carbocycles. The van der Waals surface area contributed by atoms with E-state index in [9.17, 15) is 4.79 Å². The summed E-state index contributed by atoms with van der Waals surface area (Å²) in [7, 11) is -2.93. The first kappa shape index (κ1) is 25.0. The van der Waals surface area contributed by atoms with E-state index in [1.165, 1.54) is 0 Å². The van der Waals surface area contributed by atoms with E-state index in [1.54, 1.807) is 0 Å². The minimum absolute atomic E-state index is 0.477. The van der Waals surface area contributed by atoms with E-state index in [1.807, 2.05) is 69.3 Å². The second kappa shape index (κ2) is 11.1. The van der Waals surface area contributed by atoms with E-state index < -0.39 is 25.4 Å². The summed E-state index contributed by atoms with van der Waals surface area (Å²) in [6.45, 7) is 5.61. The van der Waals surface area contributed by atoms with Crippen molar-refractivity contribution in [2.45, 2.75) is 32.0 Å². The van der Waals surface area contributed by atoms with Gasteiger partial charge in [0.1, 0.15) is 5.60 Å². The minimum Gasteiger partial charge on any atom is -0.444 e. The van der Waals surface area contributed by atoms with E-state index in [2.05, 4.69) is 90.0 Å². The van der Waals surface area contributed by atoms with Crippen molar-refractivity contribution in [1.82, 2.24) is 5.32 Å². The van der Waals surface area contributed by atoms with E-state index in [-0.39, 0.29) is 0 Å². The summed E-state index contributed by atoms with van der Waals surface area (Å²) in [5.74, 6) is 6.83. The lowest BCUT2D eigenvalue weighted by Gasteiger charge is -2.38. The minimum atomic E-state index is -2.93. The Morgan fingerprint density at radius 3 is 1.47 bits per heavy atom. The standard InChI is InChI=1S/C32H31NO2Si/c1-32(2,3)35-31(34)33-30(25-24-26-16-8-4-9-17-26)36(27-18-10-5-11-19-27,28-20-12-6-13-21-28)29-22-14-7-15-23-29/h4-23,30H,1-3H3,(H,33,34)/t30-/m0/s1. The Hall–Kier alpha value is -4.07. The van der Waals surface area contributed by atoms with E-state index in [4.69, 9.17) is 4.74 Å². The Kier molecular flexibility index (Phi) is 7.73. The summed E-state index contributed by atoms with van der Waals surface area (Å²) >= 11 is 0. The molecule has 1 atom stereocenters. The molecule has 0 aromatic heterocycles. The number of ether oxygens (including phenoxy) is 1. The zero-order valence-corrected chi connectivity index (χ0v) is 21.9.